The van der Waals surface area contributed by atoms with Crippen LogP contribution in [-0.4, -0.2) is 31.3 Å². The van der Waals surface area contributed by atoms with Crippen molar-refractivity contribution in [2.24, 2.45) is 0 Å². The average Bonchev–Trinajstić information content (AvgIpc) is 2.80. The lowest BCUT2D eigenvalue weighted by Crippen LogP contribution is -2.17. The molecule has 1 N–H and O–H groups in total. The molecule has 0 saturated heterocycles. The SMILES string of the molecule is CCOC(=O)C1=C(Nc2ccc(OC(F)(F)F)cc2)OCC1=O. The normalized spacial score (nSPS) is 14.5. The van der Waals surface area contributed by atoms with Crippen LogP contribution in [0.15, 0.2) is 35.7 Å². The van der Waals surface area contributed by atoms with E-state index in [0.717, 1.165) is 12.1 Å². The van der Waals surface area contributed by atoms with Crippen LogP contribution < -0.4 is 10.1 Å². The first-order valence-electron chi connectivity index (χ1n) is 6.50. The summed E-state index contributed by atoms with van der Waals surface area (Å²) >= 11 is 0. The summed E-state index contributed by atoms with van der Waals surface area (Å²) in [5.41, 5.74) is 0.0495. The van der Waals surface area contributed by atoms with Gasteiger partial charge in [-0.3, -0.25) is 4.79 Å². The lowest BCUT2D eigenvalue weighted by molar-refractivity contribution is -0.274. The maximum Gasteiger partial charge on any atom is 0.573 e. The lowest BCUT2D eigenvalue weighted by Gasteiger charge is -2.11. The van der Waals surface area contributed by atoms with Crippen molar-refractivity contribution < 1.29 is 37.0 Å². The molecule has 0 spiro atoms. The van der Waals surface area contributed by atoms with Gasteiger partial charge in [0.05, 0.1) is 6.61 Å². The second-order valence-corrected chi connectivity index (χ2v) is 4.33. The highest BCUT2D eigenvalue weighted by Crippen LogP contribution is 2.26. The van der Waals surface area contributed by atoms with E-state index in [2.05, 4.69) is 10.1 Å². The Morgan fingerprint density at radius 2 is 1.96 bits per heavy atom. The predicted molar refractivity (Wildman–Crippen MR) is 71.4 cm³/mol. The zero-order valence-corrected chi connectivity index (χ0v) is 11.9. The van der Waals surface area contributed by atoms with E-state index in [4.69, 9.17) is 9.47 Å². The maximum absolute atomic E-state index is 12.1. The molecule has 1 aliphatic rings. The van der Waals surface area contributed by atoms with E-state index >= 15 is 0 Å². The number of nitrogens with one attached hydrogen (secondary N) is 1. The van der Waals surface area contributed by atoms with Gasteiger partial charge in [-0.25, -0.2) is 4.79 Å². The monoisotopic (exact) mass is 331 g/mol. The number of carbonyl (C=O) groups excluding carboxylic acids is 2. The molecule has 23 heavy (non-hydrogen) atoms. The van der Waals surface area contributed by atoms with Gasteiger partial charge in [0.25, 0.3) is 0 Å². The highest BCUT2D eigenvalue weighted by atomic mass is 19.4. The Balaban J connectivity index is 2.14. The number of benzene rings is 1. The fourth-order valence-electron chi connectivity index (χ4n) is 1.79. The van der Waals surface area contributed by atoms with Crippen LogP contribution in [0.1, 0.15) is 6.92 Å². The quantitative estimate of drug-likeness (QED) is 0.660. The van der Waals surface area contributed by atoms with Crippen LogP contribution in [0, 0.1) is 0 Å². The van der Waals surface area contributed by atoms with Gasteiger partial charge in [0, 0.05) is 5.69 Å². The largest absolute Gasteiger partial charge is 0.573 e. The van der Waals surface area contributed by atoms with E-state index in [-0.39, 0.29) is 24.7 Å². The van der Waals surface area contributed by atoms with Gasteiger partial charge in [-0.2, -0.15) is 0 Å². The van der Waals surface area contributed by atoms with Crippen LogP contribution in [0.2, 0.25) is 0 Å². The second-order valence-electron chi connectivity index (χ2n) is 4.33. The first-order valence-corrected chi connectivity index (χ1v) is 6.50. The summed E-state index contributed by atoms with van der Waals surface area (Å²) in [6.45, 7) is 1.36. The Labute approximate surface area is 128 Å². The minimum atomic E-state index is -4.78. The van der Waals surface area contributed by atoms with Gasteiger partial charge in [0.2, 0.25) is 11.7 Å². The third-order valence-electron chi connectivity index (χ3n) is 2.68. The van der Waals surface area contributed by atoms with Crippen molar-refractivity contribution in [2.45, 2.75) is 13.3 Å². The van der Waals surface area contributed by atoms with Crippen molar-refractivity contribution in [3.05, 3.63) is 35.7 Å². The number of rotatable bonds is 5. The molecular formula is C14H12F3NO5. The van der Waals surface area contributed by atoms with E-state index in [1.807, 2.05) is 0 Å². The van der Waals surface area contributed by atoms with Crippen LogP contribution in [0.3, 0.4) is 0 Å². The van der Waals surface area contributed by atoms with Gasteiger partial charge >= 0.3 is 12.3 Å². The summed E-state index contributed by atoms with van der Waals surface area (Å²) in [5, 5.41) is 2.65. The van der Waals surface area contributed by atoms with Crippen LogP contribution in [0.4, 0.5) is 18.9 Å². The van der Waals surface area contributed by atoms with Crippen molar-refractivity contribution >= 4 is 17.4 Å². The fourth-order valence-corrected chi connectivity index (χ4v) is 1.79. The molecule has 0 aromatic heterocycles. The Morgan fingerprint density at radius 1 is 1.30 bits per heavy atom. The fraction of sp³-hybridized carbons (Fsp3) is 0.286. The zero-order chi connectivity index (χ0) is 17.0. The molecule has 1 aromatic rings. The third kappa shape index (κ3) is 4.38. The molecule has 6 nitrogen and oxygen atoms in total. The van der Waals surface area contributed by atoms with Gasteiger partial charge in [0.15, 0.2) is 12.2 Å². The van der Waals surface area contributed by atoms with Crippen LogP contribution in [-0.2, 0) is 19.1 Å². The minimum absolute atomic E-state index is 0.0897. The molecule has 0 aliphatic carbocycles. The average molecular weight is 331 g/mol. The highest BCUT2D eigenvalue weighted by molar-refractivity contribution is 6.19. The first-order chi connectivity index (χ1) is 10.8. The summed E-state index contributed by atoms with van der Waals surface area (Å²) < 4.78 is 49.8. The van der Waals surface area contributed by atoms with Gasteiger partial charge in [-0.05, 0) is 31.2 Å². The standard InChI is InChI=1S/C14H12F3NO5/c1-2-21-13(20)11-10(19)7-22-12(11)18-8-3-5-9(6-4-8)23-14(15,16)17/h3-6,18H,2,7H2,1H3. The van der Waals surface area contributed by atoms with Crippen molar-refractivity contribution in [3.63, 3.8) is 0 Å². The molecule has 0 atom stereocenters. The minimum Gasteiger partial charge on any atom is -0.470 e. The van der Waals surface area contributed by atoms with Crippen molar-refractivity contribution in [1.29, 1.82) is 0 Å². The summed E-state index contributed by atoms with van der Waals surface area (Å²) in [4.78, 5) is 23.3. The number of ketones is 1. The van der Waals surface area contributed by atoms with Crippen LogP contribution >= 0.6 is 0 Å². The Hall–Kier alpha value is -2.71. The zero-order valence-electron chi connectivity index (χ0n) is 11.9. The van der Waals surface area contributed by atoms with Crippen LogP contribution in [0.5, 0.6) is 5.75 Å². The number of hydrogen-bond acceptors (Lipinski definition) is 6. The Kier molecular flexibility index (Phi) is 4.77. The Bertz CT molecular complexity index is 637. The molecule has 0 fully saturated rings. The van der Waals surface area contributed by atoms with Crippen molar-refractivity contribution in [1.82, 2.24) is 0 Å². The number of halogens is 3. The van der Waals surface area contributed by atoms with Crippen molar-refractivity contribution in [3.8, 4) is 5.75 Å². The molecule has 0 saturated carbocycles. The molecule has 2 rings (SSSR count). The van der Waals surface area contributed by atoms with E-state index < -0.39 is 23.9 Å². The molecule has 0 unspecified atom stereocenters. The Morgan fingerprint density at radius 3 is 2.52 bits per heavy atom. The molecule has 1 aliphatic heterocycles. The van der Waals surface area contributed by atoms with E-state index in [0.29, 0.717) is 5.69 Å². The van der Waals surface area contributed by atoms with Crippen molar-refractivity contribution in [2.75, 3.05) is 18.5 Å². The predicted octanol–water partition coefficient (Wildman–Crippen LogP) is 2.37. The summed E-state index contributed by atoms with van der Waals surface area (Å²) in [7, 11) is 0. The maximum atomic E-state index is 12.1. The van der Waals surface area contributed by atoms with Gasteiger partial charge in [-0.1, -0.05) is 0 Å². The molecule has 9 heteroatoms. The molecule has 1 aromatic carbocycles. The molecule has 124 valence electrons. The summed E-state index contributed by atoms with van der Waals surface area (Å²) in [6, 6.07) is 4.72. The number of Topliss-reactive ketones (excluding diaryl/α,β-unsaturated/α-hetero) is 1. The molecule has 0 radical (unpaired) electrons. The van der Waals surface area contributed by atoms with E-state index in [9.17, 15) is 22.8 Å². The number of hydrogen-bond donors (Lipinski definition) is 1. The third-order valence-corrected chi connectivity index (χ3v) is 2.68. The molecule has 0 bridgehead atoms. The first kappa shape index (κ1) is 16.7. The highest BCUT2D eigenvalue weighted by Gasteiger charge is 2.33. The van der Waals surface area contributed by atoms with Crippen LogP contribution in [0.25, 0.3) is 0 Å². The number of ether oxygens (including phenoxy) is 3. The van der Waals surface area contributed by atoms with Gasteiger partial charge in [0.1, 0.15) is 5.75 Å². The van der Waals surface area contributed by atoms with E-state index in [1.165, 1.54) is 12.1 Å². The van der Waals surface area contributed by atoms with Gasteiger partial charge in [-0.15, -0.1) is 13.2 Å². The lowest BCUT2D eigenvalue weighted by atomic mass is 10.2. The summed E-state index contributed by atoms with van der Waals surface area (Å²) in [6.07, 6.45) is -4.78. The smallest absolute Gasteiger partial charge is 0.470 e. The van der Waals surface area contributed by atoms with Gasteiger partial charge < -0.3 is 19.5 Å². The molecular weight excluding hydrogens is 319 g/mol. The number of alkyl halides is 3. The topological polar surface area (TPSA) is 73.9 Å². The number of esters is 1. The number of anilines is 1. The second kappa shape index (κ2) is 6.59. The molecule has 1 heterocycles. The summed E-state index contributed by atoms with van der Waals surface area (Å²) in [5.74, 6) is -1.86. The number of carbonyl (C=O) groups is 2. The molecule has 0 amide bonds. The van der Waals surface area contributed by atoms with E-state index in [1.54, 1.807) is 6.92 Å².